The highest BCUT2D eigenvalue weighted by Gasteiger charge is 2.48. The van der Waals surface area contributed by atoms with Gasteiger partial charge in [-0.05, 0) is 61.5 Å². The van der Waals surface area contributed by atoms with Crippen LogP contribution in [-0.4, -0.2) is 62.2 Å². The molecule has 2 aliphatic heterocycles. The molecule has 4 rings (SSSR count). The van der Waals surface area contributed by atoms with Crippen molar-refractivity contribution in [3.63, 3.8) is 0 Å². The van der Waals surface area contributed by atoms with Crippen molar-refractivity contribution in [2.45, 2.75) is 38.8 Å². The van der Waals surface area contributed by atoms with Gasteiger partial charge in [-0.1, -0.05) is 12.1 Å². The fourth-order valence-electron chi connectivity index (χ4n) is 4.59. The average molecular weight is 382 g/mol. The molecule has 1 atom stereocenters. The summed E-state index contributed by atoms with van der Waals surface area (Å²) < 4.78 is 1.84. The van der Waals surface area contributed by atoms with Crippen molar-refractivity contribution in [3.05, 3.63) is 48.3 Å². The predicted molar refractivity (Wildman–Crippen MR) is 104 cm³/mol. The monoisotopic (exact) mass is 382 g/mol. The molecule has 0 radical (unpaired) electrons. The van der Waals surface area contributed by atoms with E-state index < -0.39 is 12.0 Å². The lowest BCUT2D eigenvalue weighted by Gasteiger charge is -2.39. The number of hydrogen-bond donors (Lipinski definition) is 1. The van der Waals surface area contributed by atoms with Crippen LogP contribution in [0.4, 0.5) is 0 Å². The van der Waals surface area contributed by atoms with Gasteiger partial charge in [0.25, 0.3) is 0 Å². The molecule has 148 valence electrons. The number of aliphatic carboxylic acids is 1. The standard InChI is InChI=1S/C21H26N4O3/c1-16(26)24-15-21(13-19(24)20(27)28)7-11-23(12-8-21)14-17-3-5-18(6-4-17)25-10-2-9-22-25/h2-6,9-10,19H,7-8,11-15H2,1H3,(H,27,28)/t19-/m0/s1. The minimum atomic E-state index is -0.883. The van der Waals surface area contributed by atoms with Crippen molar-refractivity contribution in [1.82, 2.24) is 19.6 Å². The number of carboxylic acid groups (broad SMARTS) is 1. The Morgan fingerprint density at radius 2 is 1.93 bits per heavy atom. The largest absolute Gasteiger partial charge is 0.480 e. The zero-order chi connectivity index (χ0) is 19.7. The summed E-state index contributed by atoms with van der Waals surface area (Å²) in [5.74, 6) is -1.02. The maximum absolute atomic E-state index is 11.9. The van der Waals surface area contributed by atoms with Crippen molar-refractivity contribution in [2.75, 3.05) is 19.6 Å². The maximum atomic E-state index is 11.9. The van der Waals surface area contributed by atoms with E-state index in [0.717, 1.165) is 38.2 Å². The number of carboxylic acids is 1. The summed E-state index contributed by atoms with van der Waals surface area (Å²) in [5.41, 5.74) is 2.25. The molecule has 3 heterocycles. The van der Waals surface area contributed by atoms with E-state index in [9.17, 15) is 14.7 Å². The maximum Gasteiger partial charge on any atom is 0.326 e. The summed E-state index contributed by atoms with van der Waals surface area (Å²) in [5, 5.41) is 13.7. The van der Waals surface area contributed by atoms with Crippen molar-refractivity contribution >= 4 is 11.9 Å². The second-order valence-corrected chi connectivity index (χ2v) is 8.10. The predicted octanol–water partition coefficient (Wildman–Crippen LogP) is 2.16. The molecule has 7 nitrogen and oxygen atoms in total. The molecule has 1 aromatic heterocycles. The van der Waals surface area contributed by atoms with Crippen molar-refractivity contribution in [2.24, 2.45) is 5.41 Å². The topological polar surface area (TPSA) is 78.7 Å². The minimum Gasteiger partial charge on any atom is -0.480 e. The normalized spacial score (nSPS) is 21.9. The second-order valence-electron chi connectivity index (χ2n) is 8.10. The van der Waals surface area contributed by atoms with Gasteiger partial charge in [-0.2, -0.15) is 5.10 Å². The highest BCUT2D eigenvalue weighted by atomic mass is 16.4. The highest BCUT2D eigenvalue weighted by Crippen LogP contribution is 2.43. The number of likely N-dealkylation sites (tertiary alicyclic amines) is 2. The van der Waals surface area contributed by atoms with Crippen LogP contribution in [0.1, 0.15) is 31.7 Å². The number of rotatable bonds is 4. The van der Waals surface area contributed by atoms with Gasteiger partial charge in [-0.3, -0.25) is 9.69 Å². The number of aromatic nitrogens is 2. The first-order valence-electron chi connectivity index (χ1n) is 9.77. The quantitative estimate of drug-likeness (QED) is 0.877. The molecule has 1 spiro atoms. The van der Waals surface area contributed by atoms with Gasteiger partial charge in [0.15, 0.2) is 0 Å². The number of carbonyl (C=O) groups excluding carboxylic acids is 1. The zero-order valence-corrected chi connectivity index (χ0v) is 16.1. The lowest BCUT2D eigenvalue weighted by atomic mass is 9.76. The van der Waals surface area contributed by atoms with Gasteiger partial charge in [-0.25, -0.2) is 9.48 Å². The Morgan fingerprint density at radius 3 is 2.46 bits per heavy atom. The van der Waals surface area contributed by atoms with E-state index in [1.165, 1.54) is 12.5 Å². The molecule has 7 heteroatoms. The van der Waals surface area contributed by atoms with Crippen LogP contribution in [0.3, 0.4) is 0 Å². The summed E-state index contributed by atoms with van der Waals surface area (Å²) >= 11 is 0. The third kappa shape index (κ3) is 3.67. The number of amides is 1. The smallest absolute Gasteiger partial charge is 0.326 e. The SMILES string of the molecule is CC(=O)N1CC2(CCN(Cc3ccc(-n4cccn4)cc3)CC2)C[C@H]1C(=O)O. The fourth-order valence-corrected chi connectivity index (χ4v) is 4.59. The van der Waals surface area contributed by atoms with Crippen LogP contribution < -0.4 is 0 Å². The molecule has 2 aromatic rings. The van der Waals surface area contributed by atoms with E-state index >= 15 is 0 Å². The Labute approximate surface area is 164 Å². The van der Waals surface area contributed by atoms with Crippen molar-refractivity contribution < 1.29 is 14.7 Å². The lowest BCUT2D eigenvalue weighted by Crippen LogP contribution is -2.42. The van der Waals surface area contributed by atoms with Gasteiger partial charge in [0.1, 0.15) is 6.04 Å². The first-order chi connectivity index (χ1) is 13.5. The Morgan fingerprint density at radius 1 is 1.21 bits per heavy atom. The molecular formula is C21H26N4O3. The van der Waals surface area contributed by atoms with Crippen LogP contribution in [-0.2, 0) is 16.1 Å². The number of piperidine rings is 1. The molecule has 2 saturated heterocycles. The van der Waals surface area contributed by atoms with Crippen LogP contribution in [0.25, 0.3) is 5.69 Å². The molecular weight excluding hydrogens is 356 g/mol. The first-order valence-corrected chi connectivity index (χ1v) is 9.77. The van der Waals surface area contributed by atoms with Gasteiger partial charge < -0.3 is 10.0 Å². The van der Waals surface area contributed by atoms with Gasteiger partial charge in [0.05, 0.1) is 5.69 Å². The number of carbonyl (C=O) groups is 2. The number of benzene rings is 1. The van der Waals surface area contributed by atoms with E-state index in [-0.39, 0.29) is 11.3 Å². The van der Waals surface area contributed by atoms with Crippen LogP contribution in [0.15, 0.2) is 42.7 Å². The van der Waals surface area contributed by atoms with E-state index in [0.29, 0.717) is 13.0 Å². The third-order valence-corrected chi connectivity index (χ3v) is 6.23. The fraction of sp³-hybridized carbons (Fsp3) is 0.476. The van der Waals surface area contributed by atoms with Gasteiger partial charge in [0.2, 0.25) is 5.91 Å². The summed E-state index contributed by atoms with van der Waals surface area (Å²) in [6.07, 6.45) is 6.14. The Hall–Kier alpha value is -2.67. The summed E-state index contributed by atoms with van der Waals surface area (Å²) in [6.45, 7) is 4.79. The van der Waals surface area contributed by atoms with Crippen LogP contribution in [0.5, 0.6) is 0 Å². The number of nitrogens with zero attached hydrogens (tertiary/aromatic N) is 4. The highest BCUT2D eigenvalue weighted by molar-refractivity contribution is 5.83. The molecule has 2 fully saturated rings. The van der Waals surface area contributed by atoms with Gasteiger partial charge >= 0.3 is 5.97 Å². The first kappa shape index (κ1) is 18.7. The van der Waals surface area contributed by atoms with Gasteiger partial charge in [0, 0.05) is 32.4 Å². The Kier molecular flexibility index (Phi) is 4.93. The molecule has 0 aliphatic carbocycles. The molecule has 1 amide bonds. The van der Waals surface area contributed by atoms with E-state index in [2.05, 4.69) is 34.3 Å². The Balaban J connectivity index is 1.36. The van der Waals surface area contributed by atoms with E-state index in [4.69, 9.17) is 0 Å². The third-order valence-electron chi connectivity index (χ3n) is 6.23. The van der Waals surface area contributed by atoms with Crippen LogP contribution >= 0.6 is 0 Å². The van der Waals surface area contributed by atoms with Crippen molar-refractivity contribution in [1.29, 1.82) is 0 Å². The van der Waals surface area contributed by atoms with Crippen LogP contribution in [0, 0.1) is 5.41 Å². The molecule has 1 aromatic carbocycles. The van der Waals surface area contributed by atoms with E-state index in [1.807, 2.05) is 16.9 Å². The summed E-state index contributed by atoms with van der Waals surface area (Å²) in [7, 11) is 0. The molecule has 2 aliphatic rings. The second kappa shape index (κ2) is 7.39. The molecule has 0 unspecified atom stereocenters. The van der Waals surface area contributed by atoms with Crippen LogP contribution in [0.2, 0.25) is 0 Å². The molecule has 1 N–H and O–H groups in total. The molecule has 0 bridgehead atoms. The number of hydrogen-bond acceptors (Lipinski definition) is 4. The zero-order valence-electron chi connectivity index (χ0n) is 16.1. The molecule has 0 saturated carbocycles. The average Bonchev–Trinajstić information content (AvgIpc) is 3.33. The van der Waals surface area contributed by atoms with Crippen molar-refractivity contribution in [3.8, 4) is 5.69 Å². The Bertz CT molecular complexity index is 815. The molecule has 28 heavy (non-hydrogen) atoms. The summed E-state index contributed by atoms with van der Waals surface area (Å²) in [4.78, 5) is 27.4. The lowest BCUT2D eigenvalue weighted by molar-refractivity contribution is -0.147. The minimum absolute atomic E-state index is 0.0465. The van der Waals surface area contributed by atoms with E-state index in [1.54, 1.807) is 11.1 Å². The summed E-state index contributed by atoms with van der Waals surface area (Å²) in [6, 6.07) is 9.66. The van der Waals surface area contributed by atoms with Gasteiger partial charge in [-0.15, -0.1) is 0 Å².